The van der Waals surface area contributed by atoms with Crippen molar-refractivity contribution in [3.8, 4) is 5.75 Å². The number of benzene rings is 2. The van der Waals surface area contributed by atoms with Gasteiger partial charge in [-0.1, -0.05) is 42.5 Å². The average molecular weight is 343 g/mol. The van der Waals surface area contributed by atoms with Crippen LogP contribution in [0.3, 0.4) is 0 Å². The van der Waals surface area contributed by atoms with Gasteiger partial charge in [-0.3, -0.25) is 4.79 Å². The number of rotatable bonds is 3. The molecule has 2 aliphatic rings. The quantitative estimate of drug-likeness (QED) is 0.686. The normalized spacial score (nSPS) is 21.5. The third-order valence-corrected chi connectivity index (χ3v) is 5.73. The topological polar surface area (TPSA) is 42.1 Å². The lowest BCUT2D eigenvalue weighted by atomic mass is 9.72. The SMILES string of the molecule is O=C1Cc2c([nH]c3ccc(OCc4ccccc4)cc23)[C@H]2CC=CC[C@H]12. The van der Waals surface area contributed by atoms with Crippen molar-refractivity contribution >= 4 is 16.7 Å². The zero-order valence-corrected chi connectivity index (χ0v) is 14.6. The number of aromatic amines is 1. The van der Waals surface area contributed by atoms with E-state index in [4.69, 9.17) is 4.74 Å². The summed E-state index contributed by atoms with van der Waals surface area (Å²) in [6.45, 7) is 0.549. The van der Waals surface area contributed by atoms with Crippen LogP contribution < -0.4 is 4.74 Å². The summed E-state index contributed by atoms with van der Waals surface area (Å²) in [6.07, 6.45) is 6.73. The zero-order chi connectivity index (χ0) is 17.5. The van der Waals surface area contributed by atoms with Gasteiger partial charge in [0, 0.05) is 34.9 Å². The maximum absolute atomic E-state index is 12.6. The highest BCUT2D eigenvalue weighted by molar-refractivity contribution is 5.95. The lowest BCUT2D eigenvalue weighted by Crippen LogP contribution is -2.30. The van der Waals surface area contributed by atoms with Crippen LogP contribution in [0.4, 0.5) is 0 Å². The number of ketones is 1. The molecule has 0 fully saturated rings. The Morgan fingerprint density at radius 3 is 2.65 bits per heavy atom. The molecule has 0 bridgehead atoms. The highest BCUT2D eigenvalue weighted by Gasteiger charge is 2.37. The predicted octanol–water partition coefficient (Wildman–Crippen LogP) is 4.92. The van der Waals surface area contributed by atoms with Crippen LogP contribution in [0.1, 0.15) is 35.6 Å². The summed E-state index contributed by atoms with van der Waals surface area (Å²) in [5, 5.41) is 1.13. The standard InChI is InChI=1S/C23H21NO2/c25-22-13-20-19-12-16(26-14-15-6-2-1-3-7-15)10-11-21(19)24-23(20)18-9-5-4-8-17(18)22/h1-7,10-12,17-18,24H,8-9,13-14H2/t17-,18-/m0/s1. The fraction of sp³-hybridized carbons (Fsp3) is 0.261. The molecule has 1 aromatic heterocycles. The van der Waals surface area contributed by atoms with Crippen molar-refractivity contribution in [2.45, 2.75) is 31.8 Å². The van der Waals surface area contributed by atoms with Crippen molar-refractivity contribution in [1.29, 1.82) is 0 Å². The van der Waals surface area contributed by atoms with Crippen molar-refractivity contribution in [3.05, 3.63) is 77.5 Å². The van der Waals surface area contributed by atoms with Gasteiger partial charge in [0.25, 0.3) is 0 Å². The molecule has 1 N–H and O–H groups in total. The number of carbonyl (C=O) groups excluding carboxylic acids is 1. The van der Waals surface area contributed by atoms with Gasteiger partial charge in [-0.15, -0.1) is 0 Å². The van der Waals surface area contributed by atoms with E-state index in [-0.39, 0.29) is 5.92 Å². The minimum atomic E-state index is 0.148. The second kappa shape index (κ2) is 6.17. The molecule has 0 amide bonds. The van der Waals surface area contributed by atoms with Crippen LogP contribution in [0.5, 0.6) is 5.75 Å². The first-order chi connectivity index (χ1) is 12.8. The van der Waals surface area contributed by atoms with Crippen molar-refractivity contribution < 1.29 is 9.53 Å². The van der Waals surface area contributed by atoms with Crippen molar-refractivity contribution in [1.82, 2.24) is 4.98 Å². The minimum absolute atomic E-state index is 0.148. The molecule has 3 nitrogen and oxygen atoms in total. The number of aromatic nitrogens is 1. The summed E-state index contributed by atoms with van der Waals surface area (Å²) in [7, 11) is 0. The molecule has 5 rings (SSSR count). The number of ether oxygens (including phenoxy) is 1. The van der Waals surface area contributed by atoms with Gasteiger partial charge in [0.15, 0.2) is 0 Å². The van der Waals surface area contributed by atoms with Crippen LogP contribution in [0.2, 0.25) is 0 Å². The van der Waals surface area contributed by atoms with E-state index in [0.717, 1.165) is 35.1 Å². The Labute approximate surface area is 152 Å². The van der Waals surface area contributed by atoms with E-state index in [1.54, 1.807) is 0 Å². The van der Waals surface area contributed by atoms with E-state index >= 15 is 0 Å². The Morgan fingerprint density at radius 2 is 1.81 bits per heavy atom. The Hall–Kier alpha value is -2.81. The van der Waals surface area contributed by atoms with E-state index in [2.05, 4.69) is 41.4 Å². The van der Waals surface area contributed by atoms with Gasteiger partial charge >= 0.3 is 0 Å². The molecular weight excluding hydrogens is 322 g/mol. The minimum Gasteiger partial charge on any atom is -0.489 e. The molecule has 0 aliphatic heterocycles. The molecule has 2 aliphatic carbocycles. The molecule has 3 aromatic rings. The van der Waals surface area contributed by atoms with Crippen LogP contribution in [0, 0.1) is 5.92 Å². The van der Waals surface area contributed by atoms with Gasteiger partial charge in [0.1, 0.15) is 18.1 Å². The largest absolute Gasteiger partial charge is 0.489 e. The Balaban J connectivity index is 1.49. The molecule has 2 aromatic carbocycles. The van der Waals surface area contributed by atoms with Crippen molar-refractivity contribution in [2.75, 3.05) is 0 Å². The summed E-state index contributed by atoms with van der Waals surface area (Å²) in [5.74, 6) is 1.68. The number of Topliss-reactive ketones (excluding diaryl/α,β-unsaturated/α-hetero) is 1. The average Bonchev–Trinajstić information content (AvgIpc) is 3.05. The first-order valence-corrected chi connectivity index (χ1v) is 9.28. The van der Waals surface area contributed by atoms with E-state index in [9.17, 15) is 4.79 Å². The van der Waals surface area contributed by atoms with Crippen LogP contribution >= 0.6 is 0 Å². The second-order valence-electron chi connectivity index (χ2n) is 7.30. The lowest BCUT2D eigenvalue weighted by molar-refractivity contribution is -0.123. The number of carbonyl (C=O) groups is 1. The summed E-state index contributed by atoms with van der Waals surface area (Å²) >= 11 is 0. The molecule has 2 atom stereocenters. The number of H-pyrrole nitrogens is 1. The van der Waals surface area contributed by atoms with Gasteiger partial charge < -0.3 is 9.72 Å². The van der Waals surface area contributed by atoms with Crippen molar-refractivity contribution in [2.24, 2.45) is 5.92 Å². The summed E-state index contributed by atoms with van der Waals surface area (Å²) in [5.41, 5.74) is 4.68. The van der Waals surface area contributed by atoms with Crippen LogP contribution in [-0.4, -0.2) is 10.8 Å². The monoisotopic (exact) mass is 343 g/mol. The van der Waals surface area contributed by atoms with E-state index in [1.807, 2.05) is 24.3 Å². The fourth-order valence-electron chi connectivity index (χ4n) is 4.38. The van der Waals surface area contributed by atoms with Crippen LogP contribution in [-0.2, 0) is 17.8 Å². The molecule has 0 spiro atoms. The van der Waals surface area contributed by atoms with Gasteiger partial charge in [0.2, 0.25) is 0 Å². The number of hydrogen-bond donors (Lipinski definition) is 1. The molecule has 3 heteroatoms. The molecule has 1 heterocycles. The molecule has 130 valence electrons. The highest BCUT2D eigenvalue weighted by Crippen LogP contribution is 2.43. The Morgan fingerprint density at radius 1 is 1.00 bits per heavy atom. The molecule has 0 unspecified atom stereocenters. The maximum atomic E-state index is 12.6. The first kappa shape index (κ1) is 15.4. The smallest absolute Gasteiger partial charge is 0.141 e. The molecule has 0 saturated heterocycles. The summed E-state index contributed by atoms with van der Waals surface area (Å²) < 4.78 is 5.98. The van der Waals surface area contributed by atoms with Crippen molar-refractivity contribution in [3.63, 3.8) is 0 Å². The van der Waals surface area contributed by atoms with Gasteiger partial charge in [-0.05, 0) is 42.2 Å². The van der Waals surface area contributed by atoms with E-state index in [1.165, 1.54) is 11.3 Å². The van der Waals surface area contributed by atoms with Crippen LogP contribution in [0.15, 0.2) is 60.7 Å². The van der Waals surface area contributed by atoms with Crippen LogP contribution in [0.25, 0.3) is 10.9 Å². The van der Waals surface area contributed by atoms with Gasteiger partial charge in [-0.2, -0.15) is 0 Å². The Bertz CT molecular complexity index is 1000. The Kier molecular flexibility index (Phi) is 3.66. The molecule has 26 heavy (non-hydrogen) atoms. The van der Waals surface area contributed by atoms with E-state index in [0.29, 0.717) is 24.7 Å². The highest BCUT2D eigenvalue weighted by atomic mass is 16.5. The van der Waals surface area contributed by atoms with Gasteiger partial charge in [0.05, 0.1) is 0 Å². The third-order valence-electron chi connectivity index (χ3n) is 5.73. The third kappa shape index (κ3) is 2.55. The van der Waals surface area contributed by atoms with E-state index < -0.39 is 0 Å². The maximum Gasteiger partial charge on any atom is 0.141 e. The first-order valence-electron chi connectivity index (χ1n) is 9.28. The predicted molar refractivity (Wildman–Crippen MR) is 102 cm³/mol. The second-order valence-corrected chi connectivity index (χ2v) is 7.30. The van der Waals surface area contributed by atoms with Gasteiger partial charge in [-0.25, -0.2) is 0 Å². The number of nitrogens with one attached hydrogen (secondary N) is 1. The molecule has 0 saturated carbocycles. The number of allylic oxidation sites excluding steroid dienone is 2. The molecule has 0 radical (unpaired) electrons. The number of hydrogen-bond acceptors (Lipinski definition) is 2. The lowest BCUT2D eigenvalue weighted by Gasteiger charge is -2.31. The fourth-order valence-corrected chi connectivity index (χ4v) is 4.38. The summed E-state index contributed by atoms with van der Waals surface area (Å²) in [6, 6.07) is 16.3. The molecular formula is C23H21NO2. The summed E-state index contributed by atoms with van der Waals surface area (Å²) in [4.78, 5) is 16.2. The number of fused-ring (bicyclic) bond motifs is 5. The zero-order valence-electron chi connectivity index (χ0n) is 14.6.